The zero-order valence-electron chi connectivity index (χ0n) is 17.2. The number of rotatable bonds is 6. The van der Waals surface area contributed by atoms with Crippen molar-refractivity contribution in [2.45, 2.75) is 22.9 Å². The summed E-state index contributed by atoms with van der Waals surface area (Å²) in [5.41, 5.74) is 2.02. The highest BCUT2D eigenvalue weighted by Gasteiger charge is 2.30. The first-order valence-electron chi connectivity index (χ1n) is 10.3. The molecule has 0 fully saturated rings. The van der Waals surface area contributed by atoms with E-state index in [1.165, 1.54) is 11.8 Å². The molecule has 0 N–H and O–H groups in total. The van der Waals surface area contributed by atoms with Gasteiger partial charge in [0.1, 0.15) is 11.9 Å². The maximum atomic E-state index is 9.80. The zero-order chi connectivity index (χ0) is 21.8. The van der Waals surface area contributed by atoms with E-state index in [0.29, 0.717) is 29.8 Å². The van der Waals surface area contributed by atoms with Gasteiger partial charge in [-0.25, -0.2) is 0 Å². The van der Waals surface area contributed by atoms with E-state index in [1.807, 2.05) is 89.5 Å². The van der Waals surface area contributed by atoms with Crippen LogP contribution in [0.1, 0.15) is 17.5 Å². The number of benzene rings is 3. The summed E-state index contributed by atoms with van der Waals surface area (Å²) in [6, 6.07) is 29.9. The van der Waals surface area contributed by atoms with Gasteiger partial charge >= 0.3 is 0 Å². The topological polar surface area (TPSA) is 73.0 Å². The molecule has 5 rings (SSSR count). The van der Waals surface area contributed by atoms with Gasteiger partial charge in [0.25, 0.3) is 0 Å². The van der Waals surface area contributed by atoms with Gasteiger partial charge < -0.3 is 9.47 Å². The lowest BCUT2D eigenvalue weighted by molar-refractivity contribution is 0.0835. The molecule has 2 heterocycles. The fourth-order valence-corrected chi connectivity index (χ4v) is 4.58. The standard InChI is InChI=1S/C25H20N4O2S/c26-16-20(15-18-9-3-1-4-10-18)32-25-28-27-24(29(25)19-11-5-2-6-12-19)23-17-30-21-13-7-8-14-22(21)31-23/h1-14,20,23H,15,17H2/t20-,23+/m1/s1. The first kappa shape index (κ1) is 20.2. The molecular weight excluding hydrogens is 420 g/mol. The van der Waals surface area contributed by atoms with Crippen molar-refractivity contribution in [3.8, 4) is 23.3 Å². The number of aromatic nitrogens is 3. The second-order valence-electron chi connectivity index (χ2n) is 7.30. The van der Waals surface area contributed by atoms with Crippen LogP contribution in [0.4, 0.5) is 0 Å². The van der Waals surface area contributed by atoms with Gasteiger partial charge in [-0.3, -0.25) is 4.57 Å². The van der Waals surface area contributed by atoms with E-state index in [0.717, 1.165) is 17.0 Å². The fraction of sp³-hybridized carbons (Fsp3) is 0.160. The fourth-order valence-electron chi connectivity index (χ4n) is 3.60. The quantitative estimate of drug-likeness (QED) is 0.393. The van der Waals surface area contributed by atoms with Gasteiger partial charge in [0, 0.05) is 5.69 Å². The van der Waals surface area contributed by atoms with E-state index in [1.54, 1.807) is 0 Å². The highest BCUT2D eigenvalue weighted by molar-refractivity contribution is 8.00. The summed E-state index contributed by atoms with van der Waals surface area (Å²) in [4.78, 5) is 0. The Bertz CT molecular complexity index is 1240. The Morgan fingerprint density at radius 2 is 1.62 bits per heavy atom. The third kappa shape index (κ3) is 4.18. The average Bonchev–Trinajstić information content (AvgIpc) is 3.28. The van der Waals surface area contributed by atoms with Crippen LogP contribution in [-0.2, 0) is 6.42 Å². The number of nitriles is 1. The molecule has 7 heteroatoms. The number of nitrogens with zero attached hydrogens (tertiary/aromatic N) is 4. The Kier molecular flexibility index (Phi) is 5.77. The zero-order valence-corrected chi connectivity index (χ0v) is 18.0. The smallest absolute Gasteiger partial charge is 0.197 e. The summed E-state index contributed by atoms with van der Waals surface area (Å²) in [5.74, 6) is 2.04. The largest absolute Gasteiger partial charge is 0.485 e. The molecule has 0 saturated carbocycles. The van der Waals surface area contributed by atoms with Crippen molar-refractivity contribution in [2.75, 3.05) is 6.61 Å². The van der Waals surface area contributed by atoms with Crippen molar-refractivity contribution in [3.63, 3.8) is 0 Å². The predicted molar refractivity (Wildman–Crippen MR) is 122 cm³/mol. The summed E-state index contributed by atoms with van der Waals surface area (Å²) in [6.45, 7) is 0.332. The first-order valence-corrected chi connectivity index (χ1v) is 11.2. The number of hydrogen-bond donors (Lipinski definition) is 0. The summed E-state index contributed by atoms with van der Waals surface area (Å²) in [6.07, 6.45) is 0.205. The van der Waals surface area contributed by atoms with Crippen LogP contribution in [0, 0.1) is 11.3 Å². The van der Waals surface area contributed by atoms with Gasteiger partial charge in [0.2, 0.25) is 0 Å². The molecule has 1 aliphatic heterocycles. The van der Waals surface area contributed by atoms with Crippen LogP contribution in [0.15, 0.2) is 90.1 Å². The third-order valence-electron chi connectivity index (χ3n) is 5.12. The van der Waals surface area contributed by atoms with Gasteiger partial charge in [-0.2, -0.15) is 5.26 Å². The Morgan fingerprint density at radius 3 is 2.38 bits per heavy atom. The molecule has 0 spiro atoms. The molecule has 32 heavy (non-hydrogen) atoms. The molecule has 2 atom stereocenters. The number of thioether (sulfide) groups is 1. The van der Waals surface area contributed by atoms with Crippen LogP contribution in [0.25, 0.3) is 5.69 Å². The van der Waals surface area contributed by atoms with Crippen molar-refractivity contribution < 1.29 is 9.47 Å². The lowest BCUT2D eigenvalue weighted by Gasteiger charge is -2.26. The van der Waals surface area contributed by atoms with Crippen molar-refractivity contribution in [1.82, 2.24) is 14.8 Å². The van der Waals surface area contributed by atoms with Crippen LogP contribution in [0.3, 0.4) is 0 Å². The minimum atomic E-state index is -0.415. The summed E-state index contributed by atoms with van der Waals surface area (Å²) in [7, 11) is 0. The molecule has 1 aliphatic rings. The van der Waals surface area contributed by atoms with Gasteiger partial charge in [0.05, 0.1) is 6.07 Å². The minimum absolute atomic E-state index is 0.304. The van der Waals surface area contributed by atoms with Crippen LogP contribution >= 0.6 is 11.8 Å². The first-order chi connectivity index (χ1) is 15.8. The minimum Gasteiger partial charge on any atom is -0.485 e. The van der Waals surface area contributed by atoms with Gasteiger partial charge in [0.15, 0.2) is 28.6 Å². The number of fused-ring (bicyclic) bond motifs is 1. The van der Waals surface area contributed by atoms with E-state index in [9.17, 15) is 5.26 Å². The van der Waals surface area contributed by atoms with Gasteiger partial charge in [-0.15, -0.1) is 10.2 Å². The third-order valence-corrected chi connectivity index (χ3v) is 6.16. The molecule has 0 radical (unpaired) electrons. The molecule has 1 aromatic heterocycles. The Hall–Kier alpha value is -3.76. The molecule has 6 nitrogen and oxygen atoms in total. The van der Waals surface area contributed by atoms with Crippen molar-refractivity contribution >= 4 is 11.8 Å². The maximum absolute atomic E-state index is 9.80. The van der Waals surface area contributed by atoms with Crippen LogP contribution in [0.2, 0.25) is 0 Å². The van der Waals surface area contributed by atoms with Crippen LogP contribution in [0.5, 0.6) is 11.5 Å². The lowest BCUT2D eigenvalue weighted by atomic mass is 10.1. The number of ether oxygens (including phenoxy) is 2. The summed E-state index contributed by atoms with van der Waals surface area (Å²) in [5, 5.41) is 19.1. The van der Waals surface area contributed by atoms with E-state index in [4.69, 9.17) is 9.47 Å². The molecule has 0 saturated heterocycles. The SMILES string of the molecule is N#C[C@@H](Cc1ccccc1)Sc1nnc([C@@H]2COc3ccccc3O2)n1-c1ccccc1. The van der Waals surface area contributed by atoms with Crippen LogP contribution in [-0.4, -0.2) is 26.6 Å². The lowest BCUT2D eigenvalue weighted by Crippen LogP contribution is -2.24. The normalized spacial score (nSPS) is 15.7. The van der Waals surface area contributed by atoms with Crippen molar-refractivity contribution in [3.05, 3.63) is 96.3 Å². The summed E-state index contributed by atoms with van der Waals surface area (Å²) < 4.78 is 14.1. The van der Waals surface area contributed by atoms with E-state index < -0.39 is 6.10 Å². The van der Waals surface area contributed by atoms with Gasteiger partial charge in [-0.05, 0) is 36.2 Å². The Morgan fingerprint density at radius 1 is 0.938 bits per heavy atom. The van der Waals surface area contributed by atoms with E-state index >= 15 is 0 Å². The number of para-hydroxylation sites is 3. The molecule has 0 bridgehead atoms. The van der Waals surface area contributed by atoms with Gasteiger partial charge in [-0.1, -0.05) is 72.4 Å². The summed E-state index contributed by atoms with van der Waals surface area (Å²) >= 11 is 1.41. The molecule has 0 unspecified atom stereocenters. The molecule has 3 aromatic carbocycles. The molecule has 0 amide bonds. The second-order valence-corrected chi connectivity index (χ2v) is 8.47. The molecule has 158 valence electrons. The highest BCUT2D eigenvalue weighted by Crippen LogP contribution is 2.37. The van der Waals surface area contributed by atoms with E-state index in [2.05, 4.69) is 16.3 Å². The van der Waals surface area contributed by atoms with E-state index in [-0.39, 0.29) is 5.25 Å². The second kappa shape index (κ2) is 9.16. The molecule has 0 aliphatic carbocycles. The molecular formula is C25H20N4O2S. The van der Waals surface area contributed by atoms with Crippen molar-refractivity contribution in [1.29, 1.82) is 5.26 Å². The highest BCUT2D eigenvalue weighted by atomic mass is 32.2. The monoisotopic (exact) mass is 440 g/mol. The number of hydrogen-bond acceptors (Lipinski definition) is 6. The van der Waals surface area contributed by atoms with Crippen LogP contribution < -0.4 is 9.47 Å². The average molecular weight is 441 g/mol. The Labute approximate surface area is 190 Å². The maximum Gasteiger partial charge on any atom is 0.197 e. The van der Waals surface area contributed by atoms with Crippen molar-refractivity contribution in [2.24, 2.45) is 0 Å². The molecule has 4 aromatic rings. The predicted octanol–water partition coefficient (Wildman–Crippen LogP) is 5.01. The Balaban J connectivity index is 1.47.